The monoisotopic (exact) mass is 305 g/mol. The third kappa shape index (κ3) is 6.94. The first-order valence-corrected chi connectivity index (χ1v) is 6.45. The number of alkyl halides is 3. The van der Waals surface area contributed by atoms with Gasteiger partial charge in [0, 0.05) is 12.2 Å². The third-order valence-corrected chi connectivity index (χ3v) is 2.46. The molecule has 5 nitrogen and oxygen atoms in total. The van der Waals surface area contributed by atoms with Crippen molar-refractivity contribution >= 4 is 5.91 Å². The standard InChI is InChI=1S/C13H18F3N3O2/c1-3-17-6-10-11(5-4-9(2)19-10)21-7-12(20)18-8-13(14,15)16/h4-5,17H,3,6-8H2,1-2H3,(H,18,20). The molecule has 0 radical (unpaired) electrons. The Morgan fingerprint density at radius 3 is 2.71 bits per heavy atom. The van der Waals surface area contributed by atoms with E-state index < -0.39 is 25.2 Å². The molecule has 1 rings (SSSR count). The number of nitrogens with one attached hydrogen (secondary N) is 2. The van der Waals surface area contributed by atoms with Crippen LogP contribution in [0.2, 0.25) is 0 Å². The molecule has 0 bridgehead atoms. The molecule has 2 N–H and O–H groups in total. The number of hydrogen-bond acceptors (Lipinski definition) is 4. The Bertz CT molecular complexity index is 478. The summed E-state index contributed by atoms with van der Waals surface area (Å²) in [5.74, 6) is -0.453. The van der Waals surface area contributed by atoms with E-state index >= 15 is 0 Å². The SMILES string of the molecule is CCNCc1nc(C)ccc1OCC(=O)NCC(F)(F)F. The number of aromatic nitrogens is 1. The molecule has 118 valence electrons. The molecular formula is C13H18F3N3O2. The predicted molar refractivity (Wildman–Crippen MR) is 70.9 cm³/mol. The second-order valence-corrected chi connectivity index (χ2v) is 4.36. The van der Waals surface area contributed by atoms with Crippen molar-refractivity contribution in [2.75, 3.05) is 19.7 Å². The Kier molecular flexibility index (Phi) is 6.41. The number of aryl methyl sites for hydroxylation is 1. The summed E-state index contributed by atoms with van der Waals surface area (Å²) < 4.78 is 41.1. The summed E-state index contributed by atoms with van der Waals surface area (Å²) in [5.41, 5.74) is 1.40. The van der Waals surface area contributed by atoms with Crippen LogP contribution in [0.1, 0.15) is 18.3 Å². The summed E-state index contributed by atoms with van der Waals surface area (Å²) in [6.45, 7) is 3.08. The smallest absolute Gasteiger partial charge is 0.405 e. The van der Waals surface area contributed by atoms with Crippen LogP contribution in [-0.2, 0) is 11.3 Å². The minimum atomic E-state index is -4.43. The molecular weight excluding hydrogens is 287 g/mol. The molecule has 0 aliphatic carbocycles. The molecule has 1 heterocycles. The molecule has 0 saturated carbocycles. The number of carbonyl (C=O) groups is 1. The number of carbonyl (C=O) groups excluding carboxylic acids is 1. The summed E-state index contributed by atoms with van der Waals surface area (Å²) in [6, 6.07) is 3.35. The van der Waals surface area contributed by atoms with E-state index in [1.54, 1.807) is 17.4 Å². The Morgan fingerprint density at radius 1 is 1.38 bits per heavy atom. The second kappa shape index (κ2) is 7.82. The largest absolute Gasteiger partial charge is 0.482 e. The zero-order chi connectivity index (χ0) is 15.9. The molecule has 8 heteroatoms. The fourth-order valence-electron chi connectivity index (χ4n) is 1.49. The van der Waals surface area contributed by atoms with Gasteiger partial charge in [0.1, 0.15) is 12.3 Å². The lowest BCUT2D eigenvalue weighted by atomic mass is 10.3. The van der Waals surface area contributed by atoms with Crippen molar-refractivity contribution in [3.05, 3.63) is 23.5 Å². The van der Waals surface area contributed by atoms with Crippen LogP contribution < -0.4 is 15.4 Å². The minimum absolute atomic E-state index is 0.378. The number of halogens is 3. The molecule has 0 aliphatic rings. The summed E-state index contributed by atoms with van der Waals surface area (Å²) >= 11 is 0. The number of amides is 1. The number of hydrogen-bond donors (Lipinski definition) is 2. The number of nitrogens with zero attached hydrogens (tertiary/aromatic N) is 1. The van der Waals surface area contributed by atoms with Gasteiger partial charge in [0.2, 0.25) is 0 Å². The van der Waals surface area contributed by atoms with Crippen molar-refractivity contribution in [2.24, 2.45) is 0 Å². The van der Waals surface area contributed by atoms with Gasteiger partial charge in [0.25, 0.3) is 5.91 Å². The molecule has 0 unspecified atom stereocenters. The van der Waals surface area contributed by atoms with Gasteiger partial charge in [0.05, 0.1) is 5.69 Å². The van der Waals surface area contributed by atoms with E-state index in [4.69, 9.17) is 4.74 Å². The topological polar surface area (TPSA) is 63.3 Å². The lowest BCUT2D eigenvalue weighted by Crippen LogP contribution is -2.36. The highest BCUT2D eigenvalue weighted by molar-refractivity contribution is 5.77. The number of ether oxygens (including phenoxy) is 1. The molecule has 21 heavy (non-hydrogen) atoms. The van der Waals surface area contributed by atoms with Gasteiger partial charge in [-0.05, 0) is 25.6 Å². The normalized spacial score (nSPS) is 11.3. The second-order valence-electron chi connectivity index (χ2n) is 4.36. The van der Waals surface area contributed by atoms with E-state index in [0.717, 1.165) is 12.2 Å². The first-order valence-electron chi connectivity index (χ1n) is 6.45. The van der Waals surface area contributed by atoms with Gasteiger partial charge >= 0.3 is 6.18 Å². The van der Waals surface area contributed by atoms with Crippen LogP contribution in [0, 0.1) is 6.92 Å². The fraction of sp³-hybridized carbons (Fsp3) is 0.538. The highest BCUT2D eigenvalue weighted by Crippen LogP contribution is 2.17. The van der Waals surface area contributed by atoms with Gasteiger partial charge in [-0.3, -0.25) is 9.78 Å². The van der Waals surface area contributed by atoms with Crippen molar-refractivity contribution in [3.63, 3.8) is 0 Å². The average molecular weight is 305 g/mol. The van der Waals surface area contributed by atoms with E-state index in [9.17, 15) is 18.0 Å². The van der Waals surface area contributed by atoms with Gasteiger partial charge < -0.3 is 15.4 Å². The summed E-state index contributed by atoms with van der Waals surface area (Å²) in [4.78, 5) is 15.6. The Balaban J connectivity index is 2.56. The van der Waals surface area contributed by atoms with Crippen LogP contribution in [0.4, 0.5) is 13.2 Å². The maximum atomic E-state index is 12.0. The van der Waals surface area contributed by atoms with E-state index in [-0.39, 0.29) is 0 Å². The summed E-state index contributed by atoms with van der Waals surface area (Å²) in [6.07, 6.45) is -4.43. The van der Waals surface area contributed by atoms with E-state index in [2.05, 4.69) is 10.3 Å². The Labute approximate surface area is 120 Å². The molecule has 0 fully saturated rings. The maximum Gasteiger partial charge on any atom is 0.405 e. The molecule has 0 aliphatic heterocycles. The number of rotatable bonds is 7. The molecule has 0 aromatic carbocycles. The third-order valence-electron chi connectivity index (χ3n) is 2.46. The van der Waals surface area contributed by atoms with E-state index in [1.165, 1.54) is 0 Å². The van der Waals surface area contributed by atoms with Crippen molar-refractivity contribution in [1.82, 2.24) is 15.6 Å². The van der Waals surface area contributed by atoms with E-state index in [1.807, 2.05) is 13.8 Å². The van der Waals surface area contributed by atoms with Crippen molar-refractivity contribution < 1.29 is 22.7 Å². The minimum Gasteiger partial charge on any atom is -0.482 e. The highest BCUT2D eigenvalue weighted by atomic mass is 19.4. The van der Waals surface area contributed by atoms with Crippen LogP contribution in [0.3, 0.4) is 0 Å². The lowest BCUT2D eigenvalue weighted by molar-refractivity contribution is -0.139. The number of pyridine rings is 1. The van der Waals surface area contributed by atoms with Gasteiger partial charge in [-0.15, -0.1) is 0 Å². The van der Waals surface area contributed by atoms with Gasteiger partial charge in [-0.25, -0.2) is 0 Å². The molecule has 1 aromatic rings. The van der Waals surface area contributed by atoms with Crippen LogP contribution in [0.25, 0.3) is 0 Å². The first kappa shape index (κ1) is 17.2. The zero-order valence-electron chi connectivity index (χ0n) is 11.9. The van der Waals surface area contributed by atoms with Crippen molar-refractivity contribution in [3.8, 4) is 5.75 Å². The van der Waals surface area contributed by atoms with E-state index in [0.29, 0.717) is 18.0 Å². The average Bonchev–Trinajstić information content (AvgIpc) is 2.41. The predicted octanol–water partition coefficient (Wildman–Crippen LogP) is 1.56. The molecule has 0 saturated heterocycles. The first-order chi connectivity index (χ1) is 9.81. The Hall–Kier alpha value is -1.83. The van der Waals surface area contributed by atoms with Crippen LogP contribution in [-0.4, -0.2) is 36.8 Å². The van der Waals surface area contributed by atoms with Crippen LogP contribution in [0.5, 0.6) is 5.75 Å². The molecule has 1 aromatic heterocycles. The maximum absolute atomic E-state index is 12.0. The molecule has 1 amide bonds. The fourth-order valence-corrected chi connectivity index (χ4v) is 1.49. The van der Waals surface area contributed by atoms with Crippen molar-refractivity contribution in [1.29, 1.82) is 0 Å². The zero-order valence-corrected chi connectivity index (χ0v) is 11.9. The van der Waals surface area contributed by atoms with Gasteiger partial charge in [-0.1, -0.05) is 6.92 Å². The Morgan fingerprint density at radius 2 is 2.10 bits per heavy atom. The van der Waals surface area contributed by atoms with Gasteiger partial charge in [0.15, 0.2) is 6.61 Å². The van der Waals surface area contributed by atoms with Gasteiger partial charge in [-0.2, -0.15) is 13.2 Å². The summed E-state index contributed by atoms with van der Waals surface area (Å²) in [5, 5.41) is 4.81. The van der Waals surface area contributed by atoms with Crippen LogP contribution >= 0.6 is 0 Å². The quantitative estimate of drug-likeness (QED) is 0.802. The highest BCUT2D eigenvalue weighted by Gasteiger charge is 2.27. The summed E-state index contributed by atoms with van der Waals surface area (Å²) in [7, 11) is 0. The molecule has 0 spiro atoms. The lowest BCUT2D eigenvalue weighted by Gasteiger charge is -2.12. The van der Waals surface area contributed by atoms with Crippen molar-refractivity contribution in [2.45, 2.75) is 26.6 Å². The van der Waals surface area contributed by atoms with Crippen LogP contribution in [0.15, 0.2) is 12.1 Å². The molecule has 0 atom stereocenters.